The van der Waals surface area contributed by atoms with Gasteiger partial charge in [-0.3, -0.25) is 9.59 Å². The number of rotatable bonds is 5. The Bertz CT molecular complexity index is 749. The van der Waals surface area contributed by atoms with Crippen molar-refractivity contribution in [1.82, 2.24) is 14.5 Å². The van der Waals surface area contributed by atoms with Crippen LogP contribution in [-0.2, 0) is 14.8 Å². The average molecular weight is 381 g/mol. The summed E-state index contributed by atoms with van der Waals surface area (Å²) in [5.74, 6) is 0.0240. The summed E-state index contributed by atoms with van der Waals surface area (Å²) >= 11 is 0. The number of piperidine rings is 1. The first-order chi connectivity index (χ1) is 12.1. The van der Waals surface area contributed by atoms with Gasteiger partial charge in [-0.25, -0.2) is 8.42 Å². The van der Waals surface area contributed by atoms with E-state index in [0.717, 1.165) is 6.42 Å². The number of nitrogens with zero attached hydrogens (tertiary/aromatic N) is 2. The minimum atomic E-state index is -3.57. The van der Waals surface area contributed by atoms with Gasteiger partial charge in [-0.15, -0.1) is 0 Å². The van der Waals surface area contributed by atoms with E-state index in [4.69, 9.17) is 0 Å². The Morgan fingerprint density at radius 2 is 1.65 bits per heavy atom. The fraction of sp³-hybridized carbons (Fsp3) is 0.556. The number of hydrogen-bond donors (Lipinski definition) is 1. The molecule has 2 rings (SSSR count). The first kappa shape index (κ1) is 20.4. The molecule has 1 aliphatic rings. The molecule has 1 N–H and O–H groups in total. The Kier molecular flexibility index (Phi) is 6.41. The second-order valence-corrected chi connectivity index (χ2v) is 9.20. The van der Waals surface area contributed by atoms with Crippen molar-refractivity contribution in [3.05, 3.63) is 29.8 Å². The smallest absolute Gasteiger partial charge is 0.251 e. The number of sulfonamides is 1. The summed E-state index contributed by atoms with van der Waals surface area (Å²) < 4.78 is 27.2. The molecule has 0 unspecified atom stereocenters. The number of carbonyl (C=O) groups excluding carboxylic acids is 2. The van der Waals surface area contributed by atoms with Gasteiger partial charge < -0.3 is 10.2 Å². The largest absolute Gasteiger partial charge is 0.347 e. The summed E-state index contributed by atoms with van der Waals surface area (Å²) in [4.78, 5) is 25.2. The first-order valence-corrected chi connectivity index (χ1v) is 10.1. The highest BCUT2D eigenvalue weighted by Crippen LogP contribution is 2.26. The van der Waals surface area contributed by atoms with Crippen LogP contribution in [-0.4, -0.2) is 63.2 Å². The second-order valence-electron chi connectivity index (χ2n) is 7.26. The summed E-state index contributed by atoms with van der Waals surface area (Å²) in [5, 5.41) is 2.52. The normalized spacial score (nSPS) is 21.2. The predicted molar refractivity (Wildman–Crippen MR) is 99.2 cm³/mol. The van der Waals surface area contributed by atoms with E-state index in [1.807, 2.05) is 0 Å². The van der Waals surface area contributed by atoms with Crippen LogP contribution in [0.25, 0.3) is 0 Å². The van der Waals surface area contributed by atoms with Crippen molar-refractivity contribution in [2.45, 2.75) is 25.2 Å². The molecule has 0 spiro atoms. The van der Waals surface area contributed by atoms with Crippen molar-refractivity contribution in [1.29, 1.82) is 0 Å². The molecule has 1 saturated heterocycles. The summed E-state index contributed by atoms with van der Waals surface area (Å²) in [6.07, 6.45) is 1.02. The van der Waals surface area contributed by atoms with Gasteiger partial charge in [-0.1, -0.05) is 13.8 Å². The number of carbonyl (C=O) groups is 2. The zero-order valence-corrected chi connectivity index (χ0v) is 16.5. The molecular formula is C18H27N3O4S. The van der Waals surface area contributed by atoms with Gasteiger partial charge in [0.1, 0.15) is 0 Å². The Morgan fingerprint density at radius 1 is 1.12 bits per heavy atom. The lowest BCUT2D eigenvalue weighted by atomic mass is 9.94. The van der Waals surface area contributed by atoms with Gasteiger partial charge in [0.15, 0.2) is 0 Å². The quantitative estimate of drug-likeness (QED) is 0.829. The molecule has 8 heteroatoms. The van der Waals surface area contributed by atoms with Crippen LogP contribution in [0.3, 0.4) is 0 Å². The lowest BCUT2D eigenvalue weighted by molar-refractivity contribution is -0.127. The number of hydrogen-bond acceptors (Lipinski definition) is 4. The van der Waals surface area contributed by atoms with Crippen LogP contribution in [0.4, 0.5) is 0 Å². The van der Waals surface area contributed by atoms with E-state index in [1.165, 1.54) is 33.5 Å². The van der Waals surface area contributed by atoms with Crippen molar-refractivity contribution >= 4 is 21.8 Å². The van der Waals surface area contributed by atoms with Crippen LogP contribution in [0.15, 0.2) is 29.2 Å². The van der Waals surface area contributed by atoms with Gasteiger partial charge in [0.05, 0.1) is 11.4 Å². The molecule has 0 saturated carbocycles. The molecule has 1 aliphatic heterocycles. The summed E-state index contributed by atoms with van der Waals surface area (Å²) in [5.41, 5.74) is 0.316. The fourth-order valence-corrected chi connectivity index (χ4v) is 4.83. The standard InChI is InChI=1S/C18H27N3O4S/c1-13-9-14(2)12-21(11-13)26(24,25)16-7-5-15(6-8-16)18(23)19-10-17(22)20(3)4/h5-8,13-14H,9-12H2,1-4H3,(H,19,23)/t13-,14+. The molecule has 2 amide bonds. The zero-order valence-electron chi connectivity index (χ0n) is 15.7. The topological polar surface area (TPSA) is 86.8 Å². The van der Waals surface area contributed by atoms with Crippen LogP contribution >= 0.6 is 0 Å². The maximum atomic E-state index is 12.8. The highest BCUT2D eigenvalue weighted by Gasteiger charge is 2.31. The molecule has 0 aliphatic carbocycles. The van der Waals surface area contributed by atoms with E-state index in [-0.39, 0.29) is 17.3 Å². The first-order valence-electron chi connectivity index (χ1n) is 8.69. The monoisotopic (exact) mass is 381 g/mol. The summed E-state index contributed by atoms with van der Waals surface area (Å²) in [6.45, 7) is 5.04. The maximum Gasteiger partial charge on any atom is 0.251 e. The third-order valence-corrected chi connectivity index (χ3v) is 6.33. The summed E-state index contributed by atoms with van der Waals surface area (Å²) in [7, 11) is -0.351. The minimum absolute atomic E-state index is 0.102. The Morgan fingerprint density at radius 3 is 2.15 bits per heavy atom. The number of benzene rings is 1. The highest BCUT2D eigenvalue weighted by atomic mass is 32.2. The Hall–Kier alpha value is -1.93. The van der Waals surface area contributed by atoms with E-state index in [0.29, 0.717) is 30.5 Å². The average Bonchev–Trinajstić information content (AvgIpc) is 2.58. The zero-order chi connectivity index (χ0) is 19.5. The van der Waals surface area contributed by atoms with Gasteiger partial charge in [-0.05, 0) is 42.5 Å². The lowest BCUT2D eigenvalue weighted by Crippen LogP contribution is -2.42. The van der Waals surface area contributed by atoms with E-state index < -0.39 is 15.9 Å². The Balaban J connectivity index is 2.08. The van der Waals surface area contributed by atoms with E-state index in [9.17, 15) is 18.0 Å². The lowest BCUT2D eigenvalue weighted by Gasteiger charge is -2.34. The van der Waals surface area contributed by atoms with Gasteiger partial charge in [-0.2, -0.15) is 4.31 Å². The van der Waals surface area contributed by atoms with E-state index in [1.54, 1.807) is 14.1 Å². The van der Waals surface area contributed by atoms with Gasteiger partial charge in [0.25, 0.3) is 5.91 Å². The third-order valence-electron chi connectivity index (χ3n) is 4.49. The number of nitrogens with one attached hydrogen (secondary N) is 1. The number of likely N-dealkylation sites (N-methyl/N-ethyl adjacent to an activating group) is 1. The van der Waals surface area contributed by atoms with Gasteiger partial charge in [0.2, 0.25) is 15.9 Å². The third kappa shape index (κ3) is 4.82. The molecular weight excluding hydrogens is 354 g/mol. The van der Waals surface area contributed by atoms with E-state index >= 15 is 0 Å². The molecule has 0 bridgehead atoms. The minimum Gasteiger partial charge on any atom is -0.347 e. The van der Waals surface area contributed by atoms with Crippen molar-refractivity contribution < 1.29 is 18.0 Å². The van der Waals surface area contributed by atoms with Crippen molar-refractivity contribution in [3.8, 4) is 0 Å². The van der Waals surface area contributed by atoms with Crippen molar-refractivity contribution in [2.24, 2.45) is 11.8 Å². The SMILES string of the molecule is C[C@@H]1C[C@H](C)CN(S(=O)(=O)c2ccc(C(=O)NCC(=O)N(C)C)cc2)C1. The van der Waals surface area contributed by atoms with Crippen LogP contribution in [0.5, 0.6) is 0 Å². The summed E-state index contributed by atoms with van der Waals surface area (Å²) in [6, 6.07) is 5.84. The van der Waals surface area contributed by atoms with Gasteiger partial charge in [0, 0.05) is 32.7 Å². The van der Waals surface area contributed by atoms with Crippen LogP contribution in [0, 0.1) is 11.8 Å². The van der Waals surface area contributed by atoms with Crippen molar-refractivity contribution in [2.75, 3.05) is 33.7 Å². The molecule has 144 valence electrons. The molecule has 1 aromatic rings. The van der Waals surface area contributed by atoms with Crippen LogP contribution in [0.1, 0.15) is 30.6 Å². The van der Waals surface area contributed by atoms with Gasteiger partial charge >= 0.3 is 0 Å². The molecule has 0 radical (unpaired) electrons. The molecule has 1 fully saturated rings. The predicted octanol–water partition coefficient (Wildman–Crippen LogP) is 1.17. The molecule has 1 aromatic carbocycles. The van der Waals surface area contributed by atoms with Crippen LogP contribution in [0.2, 0.25) is 0 Å². The number of amides is 2. The van der Waals surface area contributed by atoms with Crippen molar-refractivity contribution in [3.63, 3.8) is 0 Å². The second kappa shape index (κ2) is 8.18. The molecule has 7 nitrogen and oxygen atoms in total. The van der Waals surface area contributed by atoms with Crippen LogP contribution < -0.4 is 5.32 Å². The molecule has 0 aromatic heterocycles. The highest BCUT2D eigenvalue weighted by molar-refractivity contribution is 7.89. The molecule has 1 heterocycles. The van der Waals surface area contributed by atoms with E-state index in [2.05, 4.69) is 19.2 Å². The maximum absolute atomic E-state index is 12.8. The fourth-order valence-electron chi connectivity index (χ4n) is 3.15. The molecule has 26 heavy (non-hydrogen) atoms. The Labute approximate surface area is 155 Å². The molecule has 2 atom stereocenters.